The van der Waals surface area contributed by atoms with Crippen LogP contribution >= 0.6 is 24.8 Å². The van der Waals surface area contributed by atoms with Crippen LogP contribution in [-0.2, 0) is 17.4 Å². The maximum atomic E-state index is 2.76. The normalized spacial score (nSPS) is 17.1. The average molecular weight is 697 g/mol. The zero-order valence-corrected chi connectivity index (χ0v) is 30.5. The van der Waals surface area contributed by atoms with E-state index in [0.29, 0.717) is 7.25 Å². The molecule has 0 fully saturated rings. The molecule has 2 aliphatic carbocycles. The van der Waals surface area contributed by atoms with Gasteiger partial charge in [0, 0.05) is 0 Å². The summed E-state index contributed by atoms with van der Waals surface area (Å²) in [6.07, 6.45) is 5.04. The van der Waals surface area contributed by atoms with Gasteiger partial charge in [-0.3, -0.25) is 0 Å². The van der Waals surface area contributed by atoms with Gasteiger partial charge in [-0.15, -0.1) is 24.8 Å². The fraction of sp³-hybridized carbons (Fsp3) is 0.128. The first kappa shape index (κ1) is 31.7. The summed E-state index contributed by atoms with van der Waals surface area (Å²) in [7, 11) is 0. The molecule has 0 spiro atoms. The first-order valence-electron chi connectivity index (χ1n) is 14.7. The van der Waals surface area contributed by atoms with Gasteiger partial charge >= 0.3 is 248 Å². The Hall–Kier alpha value is -2.74. The van der Waals surface area contributed by atoms with Crippen molar-refractivity contribution in [1.29, 1.82) is 0 Å². The van der Waals surface area contributed by atoms with E-state index in [1.165, 1.54) is 55.7 Å². The molecule has 0 amide bonds. The first-order chi connectivity index (χ1) is 19.9. The van der Waals surface area contributed by atoms with Gasteiger partial charge < -0.3 is 0 Å². The fourth-order valence-electron chi connectivity index (χ4n) is 8.39. The van der Waals surface area contributed by atoms with E-state index in [9.17, 15) is 0 Å². The van der Waals surface area contributed by atoms with Gasteiger partial charge in [0.1, 0.15) is 0 Å². The van der Waals surface area contributed by atoms with Crippen molar-refractivity contribution < 1.29 is 17.4 Å². The Kier molecular flexibility index (Phi) is 8.83. The molecule has 0 heterocycles. The fourth-order valence-corrected chi connectivity index (χ4v) is 33.6. The van der Waals surface area contributed by atoms with Gasteiger partial charge in [-0.25, -0.2) is 0 Å². The van der Waals surface area contributed by atoms with E-state index in [2.05, 4.69) is 165 Å². The molecule has 5 aromatic carbocycles. The summed E-state index contributed by atoms with van der Waals surface area (Å²) in [5.41, 5.74) is 14.2. The van der Waals surface area contributed by atoms with E-state index in [4.69, 9.17) is 0 Å². The number of allylic oxidation sites excluding steroid dienone is 2. The maximum absolute atomic E-state index is 4.04. The van der Waals surface area contributed by atoms with Crippen molar-refractivity contribution in [2.45, 2.75) is 25.7 Å². The Morgan fingerprint density at radius 1 is 0.488 bits per heavy atom. The second-order valence-corrected chi connectivity index (χ2v) is 38.9. The number of fused-ring (bicyclic) bond motifs is 2. The van der Waals surface area contributed by atoms with Gasteiger partial charge in [-0.05, 0) is 0 Å². The average Bonchev–Trinajstić information content (AvgIpc) is 3.55. The SMILES string of the molecule is CC1=Cc2c(-c3ccccc3)cccc2[CH]1[Zr]([CH3])(=[SiH2])([c]1ccccc1)[CH]1C(C)=Cc2c(-c3ccccc3)cccc21.Cl.Cl. The van der Waals surface area contributed by atoms with Crippen LogP contribution in [0.2, 0.25) is 4.63 Å². The minimum atomic E-state index is -4.04. The number of halogens is 2. The predicted octanol–water partition coefficient (Wildman–Crippen LogP) is 10.1. The second kappa shape index (κ2) is 12.0. The van der Waals surface area contributed by atoms with Crippen molar-refractivity contribution in [3.05, 3.63) is 161 Å². The Morgan fingerprint density at radius 3 is 1.26 bits per heavy atom. The van der Waals surface area contributed by atoms with Gasteiger partial charge in [-0.2, -0.15) is 0 Å². The van der Waals surface area contributed by atoms with Crippen LogP contribution in [0.5, 0.6) is 0 Å². The van der Waals surface area contributed by atoms with E-state index >= 15 is 0 Å². The van der Waals surface area contributed by atoms with E-state index in [0.717, 1.165) is 0 Å². The Labute approximate surface area is 271 Å². The molecule has 0 aromatic heterocycles. The molecule has 7 rings (SSSR count). The molecule has 2 atom stereocenters. The van der Waals surface area contributed by atoms with Gasteiger partial charge in [0.05, 0.1) is 0 Å². The van der Waals surface area contributed by atoms with Crippen molar-refractivity contribution in [2.75, 3.05) is 0 Å². The second-order valence-electron chi connectivity index (χ2n) is 12.6. The van der Waals surface area contributed by atoms with Crippen LogP contribution in [0, 0.1) is 0 Å². The summed E-state index contributed by atoms with van der Waals surface area (Å²) >= 11 is -4.04. The van der Waals surface area contributed by atoms with Crippen molar-refractivity contribution >= 4 is 47.1 Å². The number of hydrogen-bond donors (Lipinski definition) is 0. The summed E-state index contributed by atoms with van der Waals surface area (Å²) in [4.78, 5) is 0. The molecule has 5 aromatic rings. The smallest absolute Gasteiger partial charge is 0.147 e. The van der Waals surface area contributed by atoms with Crippen LogP contribution in [0.3, 0.4) is 0 Å². The van der Waals surface area contributed by atoms with Crippen LogP contribution in [-0.4, -0.2) is 6.88 Å². The van der Waals surface area contributed by atoms with Crippen molar-refractivity contribution in [1.82, 2.24) is 0 Å². The van der Waals surface area contributed by atoms with Crippen LogP contribution in [0.15, 0.2) is 139 Å². The Morgan fingerprint density at radius 2 is 0.860 bits per heavy atom. The standard InChI is InChI=1S/2C16H13.C6H5.CH3.2ClH.H2Si.Zr/c2*1-12-10-14-8-5-9-15(16(14)11-12)13-6-3-2-4-7-13;1-2-4-6-5-3-1;;;;;/h2*2-11H,1H3;1-5H;1H3;2*1H;1H2;. The molecule has 0 radical (unpaired) electrons. The predicted molar refractivity (Wildman–Crippen MR) is 192 cm³/mol. The van der Waals surface area contributed by atoms with Crippen molar-refractivity contribution in [3.8, 4) is 22.3 Å². The van der Waals surface area contributed by atoms with Crippen LogP contribution in [0.25, 0.3) is 34.4 Å². The molecular weight excluding hydrogens is 659 g/mol. The van der Waals surface area contributed by atoms with Crippen LogP contribution in [0.4, 0.5) is 0 Å². The largest absolute Gasteiger partial charge is 0.147 e. The van der Waals surface area contributed by atoms with Crippen LogP contribution < -0.4 is 3.27 Å². The minimum absolute atomic E-state index is 0. The van der Waals surface area contributed by atoms with Crippen molar-refractivity contribution in [3.63, 3.8) is 0 Å². The molecule has 216 valence electrons. The van der Waals surface area contributed by atoms with Gasteiger partial charge in [-0.1, -0.05) is 0 Å². The number of benzene rings is 5. The summed E-state index contributed by atoms with van der Waals surface area (Å²) in [6, 6.07) is 47.5. The zero-order chi connectivity index (χ0) is 28.2. The number of hydrogen-bond acceptors (Lipinski definition) is 0. The van der Waals surface area contributed by atoms with E-state index in [1.807, 2.05) is 0 Å². The number of rotatable bonds is 5. The van der Waals surface area contributed by atoms with E-state index in [1.54, 1.807) is 3.27 Å². The monoisotopic (exact) mass is 694 g/mol. The quantitative estimate of drug-likeness (QED) is 0.161. The molecule has 4 heteroatoms. The molecule has 0 N–H and O–H groups in total. The third-order valence-electron chi connectivity index (χ3n) is 9.93. The molecule has 0 saturated carbocycles. The molecule has 0 aliphatic heterocycles. The summed E-state index contributed by atoms with van der Waals surface area (Å²) in [5.74, 6) is 0. The maximum Gasteiger partial charge on any atom is -0.147 e. The van der Waals surface area contributed by atoms with Gasteiger partial charge in [0.15, 0.2) is 0 Å². The third kappa shape index (κ3) is 4.92. The third-order valence-corrected chi connectivity index (χ3v) is 33.7. The van der Waals surface area contributed by atoms with Crippen molar-refractivity contribution in [2.24, 2.45) is 0 Å². The van der Waals surface area contributed by atoms with Gasteiger partial charge in [0.25, 0.3) is 0 Å². The zero-order valence-electron chi connectivity index (χ0n) is 25.0. The summed E-state index contributed by atoms with van der Waals surface area (Å²) < 4.78 is 5.21. The van der Waals surface area contributed by atoms with Crippen LogP contribution in [0.1, 0.15) is 43.4 Å². The summed E-state index contributed by atoms with van der Waals surface area (Å²) in [6.45, 7) is 7.24. The minimum Gasteiger partial charge on any atom is -0.147 e. The van der Waals surface area contributed by atoms with Gasteiger partial charge in [0.2, 0.25) is 0 Å². The molecule has 2 unspecified atom stereocenters. The first-order valence-corrected chi connectivity index (χ1v) is 27.2. The topological polar surface area (TPSA) is 0 Å². The molecule has 43 heavy (non-hydrogen) atoms. The molecule has 0 bridgehead atoms. The van der Waals surface area contributed by atoms with E-state index in [-0.39, 0.29) is 24.8 Å². The van der Waals surface area contributed by atoms with E-state index < -0.39 is 17.4 Å². The molecule has 0 saturated heterocycles. The molecule has 0 nitrogen and oxygen atoms in total. The Balaban J connectivity index is 0.00000184. The summed E-state index contributed by atoms with van der Waals surface area (Å²) in [5, 5.41) is 0. The Bertz CT molecular complexity index is 1810. The molecular formula is C39H38Cl2SiZr. The molecule has 2 aliphatic rings.